The summed E-state index contributed by atoms with van der Waals surface area (Å²) in [5.74, 6) is -0.0728. The lowest BCUT2D eigenvalue weighted by Gasteiger charge is -2.03. The number of hydrogen-bond acceptors (Lipinski definition) is 4. The fourth-order valence-corrected chi connectivity index (χ4v) is 2.99. The summed E-state index contributed by atoms with van der Waals surface area (Å²) >= 11 is 1.60. The van der Waals surface area contributed by atoms with Gasteiger partial charge < -0.3 is 5.32 Å². The summed E-state index contributed by atoms with van der Waals surface area (Å²) in [5, 5.41) is 5.75. The van der Waals surface area contributed by atoms with E-state index in [4.69, 9.17) is 4.98 Å². The van der Waals surface area contributed by atoms with Crippen LogP contribution < -0.4 is 5.32 Å². The number of hydrogen-bond donors (Lipinski definition) is 1. The van der Waals surface area contributed by atoms with Crippen LogP contribution in [0.15, 0.2) is 48.1 Å². The van der Waals surface area contributed by atoms with E-state index in [2.05, 4.69) is 17.2 Å². The Labute approximate surface area is 132 Å². The minimum Gasteiger partial charge on any atom is -0.326 e. The first-order chi connectivity index (χ1) is 10.6. The third-order valence-corrected chi connectivity index (χ3v) is 4.16. The van der Waals surface area contributed by atoms with Crippen molar-refractivity contribution in [1.29, 1.82) is 0 Å². The maximum absolute atomic E-state index is 11.0. The lowest BCUT2D eigenvalue weighted by Crippen LogP contribution is -2.05. The summed E-state index contributed by atoms with van der Waals surface area (Å²) < 4.78 is 0. The minimum absolute atomic E-state index is 0.0728. The Bertz CT molecular complexity index is 809. The van der Waals surface area contributed by atoms with Crippen molar-refractivity contribution < 1.29 is 4.79 Å². The second kappa shape index (κ2) is 6.07. The SMILES string of the molecule is CC(=O)Nc1ccc(-c2nc(-c3cnccc3C)cs2)cc1. The average molecular weight is 309 g/mol. The monoisotopic (exact) mass is 309 g/mol. The van der Waals surface area contributed by atoms with E-state index in [9.17, 15) is 4.79 Å². The molecule has 5 heteroatoms. The van der Waals surface area contributed by atoms with Crippen LogP contribution in [-0.4, -0.2) is 15.9 Å². The van der Waals surface area contributed by atoms with E-state index in [0.29, 0.717) is 0 Å². The molecular weight excluding hydrogens is 294 g/mol. The summed E-state index contributed by atoms with van der Waals surface area (Å²) in [6.45, 7) is 3.55. The minimum atomic E-state index is -0.0728. The molecule has 0 unspecified atom stereocenters. The van der Waals surface area contributed by atoms with Crippen molar-refractivity contribution in [2.45, 2.75) is 13.8 Å². The molecule has 1 N–H and O–H groups in total. The van der Waals surface area contributed by atoms with Crippen molar-refractivity contribution >= 4 is 22.9 Å². The molecule has 1 amide bonds. The van der Waals surface area contributed by atoms with Crippen molar-refractivity contribution in [3.05, 3.63) is 53.7 Å². The number of anilines is 1. The predicted molar refractivity (Wildman–Crippen MR) is 89.8 cm³/mol. The quantitative estimate of drug-likeness (QED) is 0.791. The summed E-state index contributed by atoms with van der Waals surface area (Å²) in [6.07, 6.45) is 3.63. The zero-order valence-corrected chi connectivity index (χ0v) is 13.1. The Morgan fingerprint density at radius 2 is 1.95 bits per heavy atom. The number of thiazole rings is 1. The van der Waals surface area contributed by atoms with Crippen molar-refractivity contribution in [2.24, 2.45) is 0 Å². The molecule has 2 heterocycles. The first kappa shape index (κ1) is 14.4. The average Bonchev–Trinajstić information content (AvgIpc) is 2.97. The van der Waals surface area contributed by atoms with Gasteiger partial charge in [-0.05, 0) is 42.8 Å². The van der Waals surface area contributed by atoms with Gasteiger partial charge in [-0.3, -0.25) is 9.78 Å². The Morgan fingerprint density at radius 1 is 1.18 bits per heavy atom. The van der Waals surface area contributed by atoms with Crippen LogP contribution in [0.5, 0.6) is 0 Å². The Hall–Kier alpha value is -2.53. The first-order valence-corrected chi connectivity index (χ1v) is 7.76. The van der Waals surface area contributed by atoms with Gasteiger partial charge in [0, 0.05) is 41.5 Å². The molecule has 0 fully saturated rings. The molecule has 3 aromatic rings. The zero-order valence-electron chi connectivity index (χ0n) is 12.3. The molecule has 0 aliphatic rings. The van der Waals surface area contributed by atoms with Gasteiger partial charge in [-0.25, -0.2) is 4.98 Å². The number of nitrogens with zero attached hydrogens (tertiary/aromatic N) is 2. The van der Waals surface area contributed by atoms with Crippen LogP contribution in [0.3, 0.4) is 0 Å². The Balaban J connectivity index is 1.88. The van der Waals surface area contributed by atoms with Crippen molar-refractivity contribution in [3.63, 3.8) is 0 Å². The third-order valence-electron chi connectivity index (χ3n) is 3.27. The maximum atomic E-state index is 11.0. The fraction of sp³-hybridized carbons (Fsp3) is 0.118. The van der Waals surface area contributed by atoms with E-state index in [1.54, 1.807) is 17.5 Å². The summed E-state index contributed by atoms with van der Waals surface area (Å²) in [6, 6.07) is 9.67. The van der Waals surface area contributed by atoms with Crippen molar-refractivity contribution in [2.75, 3.05) is 5.32 Å². The smallest absolute Gasteiger partial charge is 0.221 e. The molecule has 0 saturated heterocycles. The van der Waals surface area contributed by atoms with Gasteiger partial charge in [-0.2, -0.15) is 0 Å². The highest BCUT2D eigenvalue weighted by Crippen LogP contribution is 2.30. The number of nitrogens with one attached hydrogen (secondary N) is 1. The summed E-state index contributed by atoms with van der Waals surface area (Å²) in [7, 11) is 0. The van der Waals surface area contributed by atoms with E-state index >= 15 is 0 Å². The zero-order chi connectivity index (χ0) is 15.5. The molecule has 2 aromatic heterocycles. The largest absolute Gasteiger partial charge is 0.326 e. The van der Waals surface area contributed by atoms with E-state index in [-0.39, 0.29) is 5.91 Å². The normalized spacial score (nSPS) is 10.5. The first-order valence-electron chi connectivity index (χ1n) is 6.88. The van der Waals surface area contributed by atoms with Gasteiger partial charge in [0.15, 0.2) is 0 Å². The van der Waals surface area contributed by atoms with Crippen LogP contribution in [0.2, 0.25) is 0 Å². The molecule has 0 radical (unpaired) electrons. The molecule has 1 aromatic carbocycles. The maximum Gasteiger partial charge on any atom is 0.221 e. The van der Waals surface area contributed by atoms with Crippen LogP contribution in [0.1, 0.15) is 12.5 Å². The van der Waals surface area contributed by atoms with E-state index in [1.165, 1.54) is 6.92 Å². The van der Waals surface area contributed by atoms with Gasteiger partial charge in [0.25, 0.3) is 0 Å². The molecular formula is C17H15N3OS. The van der Waals surface area contributed by atoms with Gasteiger partial charge in [0.05, 0.1) is 5.69 Å². The molecule has 0 spiro atoms. The van der Waals surface area contributed by atoms with Crippen LogP contribution >= 0.6 is 11.3 Å². The van der Waals surface area contributed by atoms with Crippen LogP contribution in [-0.2, 0) is 4.79 Å². The van der Waals surface area contributed by atoms with Crippen LogP contribution in [0.25, 0.3) is 21.8 Å². The van der Waals surface area contributed by atoms with Gasteiger partial charge in [-0.1, -0.05) is 0 Å². The second-order valence-corrected chi connectivity index (χ2v) is 5.85. The van der Waals surface area contributed by atoms with Gasteiger partial charge in [-0.15, -0.1) is 11.3 Å². The van der Waals surface area contributed by atoms with E-state index < -0.39 is 0 Å². The van der Waals surface area contributed by atoms with Crippen LogP contribution in [0, 0.1) is 6.92 Å². The standard InChI is InChI=1S/C17H15N3OS/c1-11-7-8-18-9-15(11)16-10-22-17(20-16)13-3-5-14(6-4-13)19-12(2)21/h3-10H,1-2H3,(H,19,21). The van der Waals surface area contributed by atoms with Gasteiger partial charge in [0.2, 0.25) is 5.91 Å². The molecule has 0 aliphatic carbocycles. The number of carbonyl (C=O) groups is 1. The molecule has 0 atom stereocenters. The molecule has 3 rings (SSSR count). The van der Waals surface area contributed by atoms with E-state index in [0.717, 1.165) is 33.1 Å². The summed E-state index contributed by atoms with van der Waals surface area (Å²) in [4.78, 5) is 19.9. The molecule has 0 saturated carbocycles. The second-order valence-electron chi connectivity index (χ2n) is 4.99. The number of amides is 1. The molecule has 22 heavy (non-hydrogen) atoms. The van der Waals surface area contributed by atoms with Crippen molar-refractivity contribution in [3.8, 4) is 21.8 Å². The Kier molecular flexibility index (Phi) is 3.98. The number of pyridine rings is 1. The Morgan fingerprint density at radius 3 is 2.64 bits per heavy atom. The number of aryl methyl sites for hydroxylation is 1. The highest BCUT2D eigenvalue weighted by atomic mass is 32.1. The number of carbonyl (C=O) groups excluding carboxylic acids is 1. The third kappa shape index (κ3) is 3.04. The number of benzene rings is 1. The molecule has 0 aliphatic heterocycles. The topological polar surface area (TPSA) is 54.9 Å². The molecule has 0 bridgehead atoms. The summed E-state index contributed by atoms with van der Waals surface area (Å²) in [5.41, 5.74) is 4.98. The van der Waals surface area contributed by atoms with Gasteiger partial charge in [0.1, 0.15) is 5.01 Å². The molecule has 4 nitrogen and oxygen atoms in total. The lowest BCUT2D eigenvalue weighted by atomic mass is 10.1. The highest BCUT2D eigenvalue weighted by Gasteiger charge is 2.09. The predicted octanol–water partition coefficient (Wildman–Crippen LogP) is 4.14. The number of aromatic nitrogens is 2. The number of rotatable bonds is 3. The lowest BCUT2D eigenvalue weighted by molar-refractivity contribution is -0.114. The van der Waals surface area contributed by atoms with Crippen LogP contribution in [0.4, 0.5) is 5.69 Å². The van der Waals surface area contributed by atoms with E-state index in [1.807, 2.05) is 41.9 Å². The fourth-order valence-electron chi connectivity index (χ4n) is 2.16. The highest BCUT2D eigenvalue weighted by molar-refractivity contribution is 7.13. The van der Waals surface area contributed by atoms with Crippen molar-refractivity contribution in [1.82, 2.24) is 9.97 Å². The molecule has 110 valence electrons. The van der Waals surface area contributed by atoms with Gasteiger partial charge >= 0.3 is 0 Å².